The first-order valence-corrected chi connectivity index (χ1v) is 6.95. The van der Waals surface area contributed by atoms with E-state index in [-0.39, 0.29) is 12.3 Å². The zero-order chi connectivity index (χ0) is 16.5. The van der Waals surface area contributed by atoms with Crippen LogP contribution in [-0.4, -0.2) is 35.8 Å². The van der Waals surface area contributed by atoms with Crippen molar-refractivity contribution < 1.29 is 27.4 Å². The van der Waals surface area contributed by atoms with Gasteiger partial charge < -0.3 is 14.4 Å². The predicted octanol–water partition coefficient (Wildman–Crippen LogP) is 3.49. The van der Waals surface area contributed by atoms with Crippen molar-refractivity contribution >= 4 is 6.09 Å². The van der Waals surface area contributed by atoms with Crippen LogP contribution in [0.1, 0.15) is 27.2 Å². The van der Waals surface area contributed by atoms with E-state index in [1.54, 1.807) is 20.8 Å². The fraction of sp³-hybridized carbons (Fsp3) is 0.533. The Labute approximate surface area is 126 Å². The molecule has 122 valence electrons. The molecule has 1 fully saturated rings. The largest absolute Gasteiger partial charge is 0.485 e. The van der Waals surface area contributed by atoms with Gasteiger partial charge in [0.05, 0.1) is 6.54 Å². The van der Waals surface area contributed by atoms with Gasteiger partial charge in [-0.25, -0.2) is 18.0 Å². The van der Waals surface area contributed by atoms with Gasteiger partial charge in [-0.1, -0.05) is 0 Å². The maximum Gasteiger partial charge on any atom is 0.410 e. The Morgan fingerprint density at radius 1 is 1.18 bits per heavy atom. The van der Waals surface area contributed by atoms with Crippen LogP contribution >= 0.6 is 0 Å². The number of hydrogen-bond acceptors (Lipinski definition) is 3. The highest BCUT2D eigenvalue weighted by molar-refractivity contribution is 5.68. The van der Waals surface area contributed by atoms with E-state index in [0.717, 1.165) is 0 Å². The molecule has 1 aromatic carbocycles. The molecule has 0 saturated carbocycles. The van der Waals surface area contributed by atoms with Crippen molar-refractivity contribution in [2.75, 3.05) is 13.1 Å². The molecule has 0 unspecified atom stereocenters. The fourth-order valence-electron chi connectivity index (χ4n) is 2.09. The van der Waals surface area contributed by atoms with E-state index in [4.69, 9.17) is 9.47 Å². The maximum absolute atomic E-state index is 13.5. The molecule has 22 heavy (non-hydrogen) atoms. The summed E-state index contributed by atoms with van der Waals surface area (Å²) in [5.74, 6) is -3.80. The number of rotatable bonds is 2. The third kappa shape index (κ3) is 4.05. The molecule has 0 aliphatic carbocycles. The molecule has 1 aliphatic rings. The lowest BCUT2D eigenvalue weighted by Crippen LogP contribution is -2.36. The minimum Gasteiger partial charge on any atom is -0.485 e. The summed E-state index contributed by atoms with van der Waals surface area (Å²) in [4.78, 5) is 13.3. The fourth-order valence-corrected chi connectivity index (χ4v) is 2.09. The van der Waals surface area contributed by atoms with E-state index in [9.17, 15) is 18.0 Å². The van der Waals surface area contributed by atoms with Crippen LogP contribution in [0.2, 0.25) is 0 Å². The standard InChI is InChI=1S/C15H18F3NO3/c1-15(2,3)22-14(20)19-5-4-9(8-19)21-13-7-11(17)10(16)6-12(13)18/h6-7,9H,4-5,8H2,1-3H3/t9-/m1/s1. The van der Waals surface area contributed by atoms with E-state index in [2.05, 4.69) is 0 Å². The average molecular weight is 317 g/mol. The van der Waals surface area contributed by atoms with E-state index >= 15 is 0 Å². The Morgan fingerprint density at radius 3 is 2.45 bits per heavy atom. The molecule has 1 amide bonds. The molecule has 1 atom stereocenters. The average Bonchev–Trinajstić information content (AvgIpc) is 2.82. The molecule has 0 radical (unpaired) electrons. The zero-order valence-corrected chi connectivity index (χ0v) is 12.7. The number of hydrogen-bond donors (Lipinski definition) is 0. The van der Waals surface area contributed by atoms with Crippen LogP contribution in [0.5, 0.6) is 5.75 Å². The van der Waals surface area contributed by atoms with Gasteiger partial charge in [-0.2, -0.15) is 0 Å². The van der Waals surface area contributed by atoms with E-state index in [1.807, 2.05) is 0 Å². The number of benzene rings is 1. The van der Waals surface area contributed by atoms with Crippen molar-refractivity contribution in [1.29, 1.82) is 0 Å². The van der Waals surface area contributed by atoms with Gasteiger partial charge in [0.25, 0.3) is 0 Å². The van der Waals surface area contributed by atoms with Crippen molar-refractivity contribution in [2.45, 2.75) is 38.9 Å². The first kappa shape index (κ1) is 16.5. The third-order valence-electron chi connectivity index (χ3n) is 3.07. The SMILES string of the molecule is CC(C)(C)OC(=O)N1CC[C@@H](Oc2cc(F)c(F)cc2F)C1. The number of halogens is 3. The molecule has 7 heteroatoms. The molecule has 4 nitrogen and oxygen atoms in total. The second kappa shape index (κ2) is 6.06. The van der Waals surface area contributed by atoms with E-state index < -0.39 is 35.2 Å². The summed E-state index contributed by atoms with van der Waals surface area (Å²) >= 11 is 0. The van der Waals surface area contributed by atoms with Crippen molar-refractivity contribution in [2.24, 2.45) is 0 Å². The van der Waals surface area contributed by atoms with Crippen molar-refractivity contribution in [1.82, 2.24) is 4.90 Å². The monoisotopic (exact) mass is 317 g/mol. The lowest BCUT2D eigenvalue weighted by atomic mass is 10.2. The number of carbonyl (C=O) groups is 1. The van der Waals surface area contributed by atoms with Crippen LogP contribution in [0.25, 0.3) is 0 Å². The maximum atomic E-state index is 13.5. The summed E-state index contributed by atoms with van der Waals surface area (Å²) in [5, 5.41) is 0. The minimum atomic E-state index is -1.27. The summed E-state index contributed by atoms with van der Waals surface area (Å²) < 4.78 is 50.0. The quantitative estimate of drug-likeness (QED) is 0.784. The Morgan fingerprint density at radius 2 is 1.82 bits per heavy atom. The molecule has 0 aromatic heterocycles. The molecule has 0 spiro atoms. The zero-order valence-electron chi connectivity index (χ0n) is 12.7. The topological polar surface area (TPSA) is 38.8 Å². The Hall–Kier alpha value is -1.92. The van der Waals surface area contributed by atoms with Gasteiger partial charge in [0.1, 0.15) is 11.7 Å². The van der Waals surface area contributed by atoms with Crippen LogP contribution < -0.4 is 4.74 Å². The van der Waals surface area contributed by atoms with Crippen LogP contribution in [0.4, 0.5) is 18.0 Å². The molecule has 2 rings (SSSR count). The van der Waals surface area contributed by atoms with Gasteiger partial charge >= 0.3 is 6.09 Å². The Kier molecular flexibility index (Phi) is 4.53. The molecule has 1 saturated heterocycles. The second-order valence-corrected chi connectivity index (χ2v) is 6.15. The van der Waals surface area contributed by atoms with Gasteiger partial charge in [-0.05, 0) is 20.8 Å². The van der Waals surface area contributed by atoms with Gasteiger partial charge in [0.2, 0.25) is 0 Å². The van der Waals surface area contributed by atoms with E-state index in [0.29, 0.717) is 25.1 Å². The second-order valence-electron chi connectivity index (χ2n) is 6.15. The van der Waals surface area contributed by atoms with Gasteiger partial charge in [-0.15, -0.1) is 0 Å². The number of likely N-dealkylation sites (tertiary alicyclic amines) is 1. The highest BCUT2D eigenvalue weighted by atomic mass is 19.2. The Bertz CT molecular complexity index is 572. The lowest BCUT2D eigenvalue weighted by Gasteiger charge is -2.24. The number of carbonyl (C=O) groups excluding carboxylic acids is 1. The predicted molar refractivity (Wildman–Crippen MR) is 73.2 cm³/mol. The molecular weight excluding hydrogens is 299 g/mol. The molecule has 0 N–H and O–H groups in total. The number of amides is 1. The van der Waals surface area contributed by atoms with Crippen LogP contribution in [0, 0.1) is 17.5 Å². The first-order valence-electron chi connectivity index (χ1n) is 6.95. The molecule has 0 bridgehead atoms. The van der Waals surface area contributed by atoms with Gasteiger partial charge in [0, 0.05) is 25.1 Å². The highest BCUT2D eigenvalue weighted by Crippen LogP contribution is 2.25. The summed E-state index contributed by atoms with van der Waals surface area (Å²) in [6.45, 7) is 5.86. The highest BCUT2D eigenvalue weighted by Gasteiger charge is 2.31. The molecule has 1 aliphatic heterocycles. The molecular formula is C15H18F3NO3. The van der Waals surface area contributed by atoms with Crippen molar-refractivity contribution in [3.05, 3.63) is 29.6 Å². The van der Waals surface area contributed by atoms with Crippen LogP contribution in [0.15, 0.2) is 12.1 Å². The first-order chi connectivity index (χ1) is 10.2. The summed E-state index contributed by atoms with van der Waals surface area (Å²) in [6.07, 6.45) is -0.520. The third-order valence-corrected chi connectivity index (χ3v) is 3.07. The van der Waals surface area contributed by atoms with Crippen LogP contribution in [0.3, 0.4) is 0 Å². The summed E-state index contributed by atoms with van der Waals surface area (Å²) in [6, 6.07) is 1.10. The minimum absolute atomic E-state index is 0.202. The summed E-state index contributed by atoms with van der Waals surface area (Å²) in [7, 11) is 0. The normalized spacial score (nSPS) is 18.5. The van der Waals surface area contributed by atoms with Gasteiger partial charge in [-0.3, -0.25) is 0 Å². The van der Waals surface area contributed by atoms with Gasteiger partial charge in [0.15, 0.2) is 23.2 Å². The van der Waals surface area contributed by atoms with E-state index in [1.165, 1.54) is 4.90 Å². The lowest BCUT2D eigenvalue weighted by molar-refractivity contribution is 0.0275. The number of nitrogens with zero attached hydrogens (tertiary/aromatic N) is 1. The Balaban J connectivity index is 1.97. The number of ether oxygens (including phenoxy) is 2. The molecule has 1 aromatic rings. The van der Waals surface area contributed by atoms with Crippen LogP contribution in [-0.2, 0) is 4.74 Å². The smallest absolute Gasteiger partial charge is 0.410 e. The summed E-state index contributed by atoms with van der Waals surface area (Å²) in [5.41, 5.74) is -0.609. The van der Waals surface area contributed by atoms with Crippen molar-refractivity contribution in [3.63, 3.8) is 0 Å². The van der Waals surface area contributed by atoms with Crippen molar-refractivity contribution in [3.8, 4) is 5.75 Å². The molecule has 1 heterocycles.